The van der Waals surface area contributed by atoms with Crippen molar-refractivity contribution in [2.75, 3.05) is 19.7 Å². The number of aromatic nitrogens is 2. The fourth-order valence-corrected chi connectivity index (χ4v) is 2.26. The van der Waals surface area contributed by atoms with Gasteiger partial charge < -0.3 is 14.7 Å². The van der Waals surface area contributed by atoms with E-state index in [1.807, 2.05) is 13.8 Å². The highest BCUT2D eigenvalue weighted by molar-refractivity contribution is 5.93. The predicted molar refractivity (Wildman–Crippen MR) is 65.1 cm³/mol. The van der Waals surface area contributed by atoms with Crippen LogP contribution in [0.3, 0.4) is 0 Å². The Bertz CT molecular complexity index is 442. The molecule has 0 bridgehead atoms. The highest BCUT2D eigenvalue weighted by atomic mass is 16.5. The summed E-state index contributed by atoms with van der Waals surface area (Å²) in [6.45, 7) is 4.67. The van der Waals surface area contributed by atoms with Crippen molar-refractivity contribution in [1.29, 1.82) is 0 Å². The van der Waals surface area contributed by atoms with E-state index in [4.69, 9.17) is 4.74 Å². The fraction of sp³-hybridized carbons (Fsp3) is 0.667. The first-order chi connectivity index (χ1) is 8.41. The Morgan fingerprint density at radius 1 is 1.67 bits per heavy atom. The molecule has 1 aliphatic heterocycles. The quantitative estimate of drug-likeness (QED) is 0.807. The van der Waals surface area contributed by atoms with Crippen LogP contribution in [-0.4, -0.2) is 57.1 Å². The number of aryl methyl sites for hydroxylation is 1. The average molecular weight is 253 g/mol. The van der Waals surface area contributed by atoms with Gasteiger partial charge in [0.15, 0.2) is 0 Å². The van der Waals surface area contributed by atoms with Crippen molar-refractivity contribution < 1.29 is 14.6 Å². The average Bonchev–Trinajstić information content (AvgIpc) is 2.72. The molecule has 6 heteroatoms. The maximum Gasteiger partial charge on any atom is 0.257 e. The summed E-state index contributed by atoms with van der Waals surface area (Å²) in [5, 5.41) is 13.2. The molecule has 1 aliphatic rings. The summed E-state index contributed by atoms with van der Waals surface area (Å²) in [5.74, 6) is -0.0714. The maximum absolute atomic E-state index is 12.3. The van der Waals surface area contributed by atoms with Gasteiger partial charge in [-0.2, -0.15) is 5.10 Å². The number of hydrogen-bond acceptors (Lipinski definition) is 4. The number of aliphatic hydroxyl groups is 1. The molecule has 0 spiro atoms. The van der Waals surface area contributed by atoms with Crippen LogP contribution in [0.15, 0.2) is 12.4 Å². The molecule has 1 atom stereocenters. The molecule has 2 heterocycles. The number of rotatable bonds is 2. The number of nitrogens with zero attached hydrogens (tertiary/aromatic N) is 3. The molecule has 0 aromatic carbocycles. The standard InChI is InChI=1S/C12H19N3O3/c1-12(2)8-15(6-10(7-16)18-12)11(17)9-4-13-14(3)5-9/h4-5,10,16H,6-8H2,1-3H3. The van der Waals surface area contributed by atoms with Crippen LogP contribution in [0.5, 0.6) is 0 Å². The first-order valence-corrected chi connectivity index (χ1v) is 5.98. The number of carbonyl (C=O) groups is 1. The van der Waals surface area contributed by atoms with Gasteiger partial charge in [0.25, 0.3) is 5.91 Å². The van der Waals surface area contributed by atoms with Crippen molar-refractivity contribution in [2.45, 2.75) is 25.6 Å². The molecule has 6 nitrogen and oxygen atoms in total. The van der Waals surface area contributed by atoms with Gasteiger partial charge in [-0.05, 0) is 13.8 Å². The van der Waals surface area contributed by atoms with Crippen LogP contribution in [0.1, 0.15) is 24.2 Å². The fourth-order valence-electron chi connectivity index (χ4n) is 2.26. The number of carbonyl (C=O) groups excluding carboxylic acids is 1. The van der Waals surface area contributed by atoms with Crippen molar-refractivity contribution in [3.05, 3.63) is 18.0 Å². The van der Waals surface area contributed by atoms with Crippen molar-refractivity contribution in [3.63, 3.8) is 0 Å². The topological polar surface area (TPSA) is 67.6 Å². The maximum atomic E-state index is 12.3. The van der Waals surface area contributed by atoms with E-state index in [1.165, 1.54) is 0 Å². The molecule has 1 aromatic rings. The summed E-state index contributed by atoms with van der Waals surface area (Å²) in [6.07, 6.45) is 2.92. The van der Waals surface area contributed by atoms with Crippen LogP contribution >= 0.6 is 0 Å². The molecule has 1 saturated heterocycles. The zero-order chi connectivity index (χ0) is 13.3. The second kappa shape index (κ2) is 4.70. The van der Waals surface area contributed by atoms with Gasteiger partial charge in [0, 0.05) is 26.3 Å². The van der Waals surface area contributed by atoms with Crippen LogP contribution < -0.4 is 0 Å². The van der Waals surface area contributed by atoms with Gasteiger partial charge in [0.1, 0.15) is 0 Å². The third-order valence-electron chi connectivity index (χ3n) is 2.92. The van der Waals surface area contributed by atoms with Gasteiger partial charge >= 0.3 is 0 Å². The highest BCUT2D eigenvalue weighted by Crippen LogP contribution is 2.22. The largest absolute Gasteiger partial charge is 0.394 e. The minimum atomic E-state index is -0.441. The van der Waals surface area contributed by atoms with Crippen molar-refractivity contribution >= 4 is 5.91 Å². The lowest BCUT2D eigenvalue weighted by atomic mass is 10.0. The minimum Gasteiger partial charge on any atom is -0.394 e. The Kier molecular flexibility index (Phi) is 3.41. The van der Waals surface area contributed by atoms with Gasteiger partial charge in [-0.15, -0.1) is 0 Å². The zero-order valence-corrected chi connectivity index (χ0v) is 11.0. The SMILES string of the molecule is Cn1cc(C(=O)N2CC(CO)OC(C)(C)C2)cn1. The zero-order valence-electron chi connectivity index (χ0n) is 11.0. The second-order valence-corrected chi connectivity index (χ2v) is 5.27. The number of amides is 1. The first-order valence-electron chi connectivity index (χ1n) is 5.98. The number of hydrogen-bond donors (Lipinski definition) is 1. The van der Waals surface area contributed by atoms with Crippen LogP contribution in [0.2, 0.25) is 0 Å². The Labute approximate surface area is 106 Å². The van der Waals surface area contributed by atoms with Gasteiger partial charge in [-0.25, -0.2) is 0 Å². The van der Waals surface area contributed by atoms with Crippen molar-refractivity contribution in [3.8, 4) is 0 Å². The number of ether oxygens (including phenoxy) is 1. The van der Waals surface area contributed by atoms with Gasteiger partial charge in [-0.1, -0.05) is 0 Å². The molecule has 1 unspecified atom stereocenters. The predicted octanol–water partition coefficient (Wildman–Crippen LogP) is 0.0320. The molecule has 0 radical (unpaired) electrons. The number of morpholine rings is 1. The van der Waals surface area contributed by atoms with E-state index in [9.17, 15) is 9.90 Å². The summed E-state index contributed by atoms with van der Waals surface area (Å²) in [4.78, 5) is 14.0. The van der Waals surface area contributed by atoms with E-state index in [-0.39, 0.29) is 18.6 Å². The van der Waals surface area contributed by atoms with E-state index in [1.54, 1.807) is 29.0 Å². The molecule has 2 rings (SSSR count). The van der Waals surface area contributed by atoms with E-state index in [0.29, 0.717) is 18.7 Å². The van der Waals surface area contributed by atoms with Crippen LogP contribution in [0.25, 0.3) is 0 Å². The molecule has 1 aromatic heterocycles. The monoisotopic (exact) mass is 253 g/mol. The molecule has 1 fully saturated rings. The smallest absolute Gasteiger partial charge is 0.257 e. The molecule has 0 saturated carbocycles. The van der Waals surface area contributed by atoms with E-state index in [0.717, 1.165) is 0 Å². The Morgan fingerprint density at radius 2 is 2.39 bits per heavy atom. The van der Waals surface area contributed by atoms with E-state index < -0.39 is 5.60 Å². The molecular formula is C12H19N3O3. The van der Waals surface area contributed by atoms with Crippen molar-refractivity contribution in [2.24, 2.45) is 7.05 Å². The lowest BCUT2D eigenvalue weighted by molar-refractivity contribution is -0.139. The van der Waals surface area contributed by atoms with Crippen LogP contribution in [0, 0.1) is 0 Å². The van der Waals surface area contributed by atoms with Gasteiger partial charge in [0.05, 0.1) is 30.1 Å². The Balaban J connectivity index is 2.14. The summed E-state index contributed by atoms with van der Waals surface area (Å²) in [7, 11) is 1.77. The first kappa shape index (κ1) is 13.0. The Hall–Kier alpha value is -1.40. The lowest BCUT2D eigenvalue weighted by Crippen LogP contribution is -2.55. The second-order valence-electron chi connectivity index (χ2n) is 5.27. The molecule has 1 amide bonds. The van der Waals surface area contributed by atoms with Crippen LogP contribution in [0.4, 0.5) is 0 Å². The summed E-state index contributed by atoms with van der Waals surface area (Å²) < 4.78 is 7.28. The van der Waals surface area contributed by atoms with Gasteiger partial charge in [-0.3, -0.25) is 9.48 Å². The molecule has 18 heavy (non-hydrogen) atoms. The third kappa shape index (κ3) is 2.70. The third-order valence-corrected chi connectivity index (χ3v) is 2.92. The summed E-state index contributed by atoms with van der Waals surface area (Å²) >= 11 is 0. The highest BCUT2D eigenvalue weighted by Gasteiger charge is 2.35. The summed E-state index contributed by atoms with van der Waals surface area (Å²) in [6, 6.07) is 0. The van der Waals surface area contributed by atoms with E-state index in [2.05, 4.69) is 5.10 Å². The van der Waals surface area contributed by atoms with E-state index >= 15 is 0 Å². The molecular weight excluding hydrogens is 234 g/mol. The number of aliphatic hydroxyl groups excluding tert-OH is 1. The minimum absolute atomic E-state index is 0.0714. The van der Waals surface area contributed by atoms with Crippen molar-refractivity contribution in [1.82, 2.24) is 14.7 Å². The summed E-state index contributed by atoms with van der Waals surface area (Å²) in [5.41, 5.74) is 0.121. The van der Waals surface area contributed by atoms with Gasteiger partial charge in [0.2, 0.25) is 0 Å². The normalized spacial score (nSPS) is 23.1. The molecule has 100 valence electrons. The molecule has 0 aliphatic carbocycles. The Morgan fingerprint density at radius 3 is 2.94 bits per heavy atom. The lowest BCUT2D eigenvalue weighted by Gasteiger charge is -2.42. The molecule has 1 N–H and O–H groups in total. The van der Waals surface area contributed by atoms with Crippen LogP contribution in [-0.2, 0) is 11.8 Å².